The van der Waals surface area contributed by atoms with Gasteiger partial charge in [-0.05, 0) is 35.7 Å². The summed E-state index contributed by atoms with van der Waals surface area (Å²) in [6.07, 6.45) is 2.15. The number of rotatable bonds is 5. The minimum Gasteiger partial charge on any atom is -0.287 e. The van der Waals surface area contributed by atoms with Crippen molar-refractivity contribution in [2.45, 2.75) is 19.5 Å². The number of aromatic nitrogens is 3. The zero-order chi connectivity index (χ0) is 19.5. The molecule has 0 saturated heterocycles. The van der Waals surface area contributed by atoms with Gasteiger partial charge in [0.2, 0.25) is 0 Å². The SMILES string of the molecule is O=c1c2ncccc2n(Cc2ccccc2Cl)c(=O)n1CCc1ccccc1. The number of benzene rings is 2. The van der Waals surface area contributed by atoms with Gasteiger partial charge in [-0.1, -0.05) is 60.1 Å². The standard InChI is InChI=1S/C22H18ClN3O2/c23-18-10-5-4-9-17(18)15-26-19-11-6-13-24-20(19)21(27)25(22(26)28)14-12-16-7-2-1-3-8-16/h1-11,13H,12,14-15H2. The Bertz CT molecular complexity index is 1250. The highest BCUT2D eigenvalue weighted by atomic mass is 35.5. The number of hydrogen-bond acceptors (Lipinski definition) is 3. The molecule has 2 heterocycles. The van der Waals surface area contributed by atoms with Gasteiger partial charge in [0.05, 0.1) is 12.1 Å². The van der Waals surface area contributed by atoms with Crippen molar-refractivity contribution in [3.63, 3.8) is 0 Å². The second-order valence-corrected chi connectivity index (χ2v) is 6.93. The first-order chi connectivity index (χ1) is 13.6. The quantitative estimate of drug-likeness (QED) is 0.523. The molecule has 2 aromatic heterocycles. The molecule has 4 aromatic rings. The molecule has 28 heavy (non-hydrogen) atoms. The Labute approximate surface area is 166 Å². The van der Waals surface area contributed by atoms with Crippen LogP contribution in [0.15, 0.2) is 82.5 Å². The summed E-state index contributed by atoms with van der Waals surface area (Å²) >= 11 is 6.29. The molecule has 0 unspecified atom stereocenters. The number of aryl methyl sites for hydroxylation is 1. The summed E-state index contributed by atoms with van der Waals surface area (Å²) in [4.78, 5) is 30.3. The Morgan fingerprint density at radius 3 is 2.39 bits per heavy atom. The molecule has 0 spiro atoms. The molecule has 0 bridgehead atoms. The average molecular weight is 392 g/mol. The van der Waals surface area contributed by atoms with Crippen molar-refractivity contribution in [1.29, 1.82) is 0 Å². The largest absolute Gasteiger partial charge is 0.331 e. The van der Waals surface area contributed by atoms with Crippen LogP contribution in [-0.2, 0) is 19.5 Å². The van der Waals surface area contributed by atoms with Gasteiger partial charge in [0.25, 0.3) is 5.56 Å². The highest BCUT2D eigenvalue weighted by molar-refractivity contribution is 6.31. The molecule has 4 rings (SSSR count). The fraction of sp³-hybridized carbons (Fsp3) is 0.136. The first kappa shape index (κ1) is 18.2. The Morgan fingerprint density at radius 2 is 1.61 bits per heavy atom. The average Bonchev–Trinajstić information content (AvgIpc) is 2.73. The lowest BCUT2D eigenvalue weighted by atomic mass is 10.1. The monoisotopic (exact) mass is 391 g/mol. The zero-order valence-corrected chi connectivity index (χ0v) is 15.8. The van der Waals surface area contributed by atoms with Crippen molar-refractivity contribution < 1.29 is 0 Å². The summed E-state index contributed by atoms with van der Waals surface area (Å²) in [5.41, 5.74) is 1.93. The fourth-order valence-corrected chi connectivity index (χ4v) is 3.47. The number of fused-ring (bicyclic) bond motifs is 1. The van der Waals surface area contributed by atoms with Gasteiger partial charge in [0.15, 0.2) is 5.52 Å². The molecule has 0 aliphatic carbocycles. The maximum absolute atomic E-state index is 13.2. The molecule has 0 fully saturated rings. The van der Waals surface area contributed by atoms with Crippen molar-refractivity contribution in [2.75, 3.05) is 0 Å². The summed E-state index contributed by atoms with van der Waals surface area (Å²) in [6.45, 7) is 0.559. The highest BCUT2D eigenvalue weighted by Gasteiger charge is 2.15. The number of nitrogens with zero attached hydrogens (tertiary/aromatic N) is 3. The summed E-state index contributed by atoms with van der Waals surface area (Å²) < 4.78 is 2.83. The molecule has 0 radical (unpaired) electrons. The first-order valence-electron chi connectivity index (χ1n) is 9.01. The van der Waals surface area contributed by atoms with Crippen LogP contribution >= 0.6 is 11.6 Å². The zero-order valence-electron chi connectivity index (χ0n) is 15.1. The van der Waals surface area contributed by atoms with Gasteiger partial charge in [-0.15, -0.1) is 0 Å². The Hall–Kier alpha value is -3.18. The third-order valence-electron chi connectivity index (χ3n) is 4.74. The van der Waals surface area contributed by atoms with E-state index in [0.29, 0.717) is 17.0 Å². The van der Waals surface area contributed by atoms with Gasteiger partial charge in [0.1, 0.15) is 0 Å². The van der Waals surface area contributed by atoms with Gasteiger partial charge in [0, 0.05) is 17.8 Å². The predicted molar refractivity (Wildman–Crippen MR) is 111 cm³/mol. The summed E-state index contributed by atoms with van der Waals surface area (Å²) in [7, 11) is 0. The van der Waals surface area contributed by atoms with Crippen molar-refractivity contribution in [2.24, 2.45) is 0 Å². The van der Waals surface area contributed by atoms with Gasteiger partial charge >= 0.3 is 5.69 Å². The molecule has 0 atom stereocenters. The van der Waals surface area contributed by atoms with Crippen molar-refractivity contribution in [3.8, 4) is 0 Å². The number of hydrogen-bond donors (Lipinski definition) is 0. The lowest BCUT2D eigenvalue weighted by Crippen LogP contribution is -2.41. The molecule has 0 aliphatic heterocycles. The van der Waals surface area contributed by atoms with Gasteiger partial charge in [-0.2, -0.15) is 0 Å². The van der Waals surface area contributed by atoms with Crippen LogP contribution < -0.4 is 11.2 Å². The van der Waals surface area contributed by atoms with Crippen LogP contribution in [0, 0.1) is 0 Å². The second kappa shape index (κ2) is 7.82. The van der Waals surface area contributed by atoms with E-state index in [2.05, 4.69) is 4.98 Å². The van der Waals surface area contributed by atoms with E-state index in [1.165, 1.54) is 4.57 Å². The highest BCUT2D eigenvalue weighted by Crippen LogP contribution is 2.17. The lowest BCUT2D eigenvalue weighted by molar-refractivity contribution is 0.588. The van der Waals surface area contributed by atoms with Crippen LogP contribution in [0.1, 0.15) is 11.1 Å². The second-order valence-electron chi connectivity index (χ2n) is 6.52. The van der Waals surface area contributed by atoms with E-state index in [-0.39, 0.29) is 29.9 Å². The molecule has 6 heteroatoms. The van der Waals surface area contributed by atoms with E-state index in [1.54, 1.807) is 29.0 Å². The lowest BCUT2D eigenvalue weighted by Gasteiger charge is -2.14. The molecule has 2 aromatic carbocycles. The van der Waals surface area contributed by atoms with E-state index in [0.717, 1.165) is 11.1 Å². The third-order valence-corrected chi connectivity index (χ3v) is 5.11. The molecule has 0 saturated carbocycles. The van der Waals surface area contributed by atoms with Crippen molar-refractivity contribution >= 4 is 22.6 Å². The molecule has 0 N–H and O–H groups in total. The topological polar surface area (TPSA) is 56.9 Å². The molecular weight excluding hydrogens is 374 g/mol. The smallest absolute Gasteiger partial charge is 0.287 e. The van der Waals surface area contributed by atoms with Crippen LogP contribution in [0.4, 0.5) is 0 Å². The Morgan fingerprint density at radius 1 is 0.857 bits per heavy atom. The van der Waals surface area contributed by atoms with Crippen molar-refractivity contribution in [3.05, 3.63) is 110 Å². The Balaban J connectivity index is 1.83. The van der Waals surface area contributed by atoms with Gasteiger partial charge in [-0.3, -0.25) is 13.9 Å². The molecule has 0 aliphatic rings. The van der Waals surface area contributed by atoms with E-state index < -0.39 is 0 Å². The fourth-order valence-electron chi connectivity index (χ4n) is 3.28. The van der Waals surface area contributed by atoms with Crippen molar-refractivity contribution in [1.82, 2.24) is 14.1 Å². The first-order valence-corrected chi connectivity index (χ1v) is 9.38. The van der Waals surface area contributed by atoms with Crippen LogP contribution in [0.3, 0.4) is 0 Å². The maximum Gasteiger partial charge on any atom is 0.331 e. The van der Waals surface area contributed by atoms with E-state index in [1.807, 2.05) is 48.5 Å². The Kier molecular flexibility index (Phi) is 5.08. The summed E-state index contributed by atoms with van der Waals surface area (Å²) in [5.74, 6) is 0. The molecule has 0 amide bonds. The molecular formula is C22H18ClN3O2. The molecule has 5 nitrogen and oxygen atoms in total. The van der Waals surface area contributed by atoms with E-state index >= 15 is 0 Å². The molecule has 140 valence electrons. The maximum atomic E-state index is 13.2. The predicted octanol–water partition coefficient (Wildman–Crippen LogP) is 3.50. The van der Waals surface area contributed by atoms with Gasteiger partial charge in [-0.25, -0.2) is 9.78 Å². The van der Waals surface area contributed by atoms with Crippen LogP contribution in [-0.4, -0.2) is 14.1 Å². The van der Waals surface area contributed by atoms with Crippen LogP contribution in [0.5, 0.6) is 0 Å². The van der Waals surface area contributed by atoms with Crippen LogP contribution in [0.2, 0.25) is 5.02 Å². The van der Waals surface area contributed by atoms with E-state index in [4.69, 9.17) is 11.6 Å². The van der Waals surface area contributed by atoms with Crippen LogP contribution in [0.25, 0.3) is 11.0 Å². The number of halogens is 1. The summed E-state index contributed by atoms with van der Waals surface area (Å²) in [5, 5.41) is 0.577. The number of pyridine rings is 1. The normalized spacial score (nSPS) is 11.0. The minimum atomic E-state index is -0.369. The third kappa shape index (κ3) is 3.49. The minimum absolute atomic E-state index is 0.270. The summed E-state index contributed by atoms with van der Waals surface area (Å²) in [6, 6.07) is 20.6. The van der Waals surface area contributed by atoms with Gasteiger partial charge < -0.3 is 0 Å². The van der Waals surface area contributed by atoms with E-state index in [9.17, 15) is 9.59 Å².